The molecule has 176 valence electrons. The second-order valence-corrected chi connectivity index (χ2v) is 8.65. The summed E-state index contributed by atoms with van der Waals surface area (Å²) < 4.78 is 40.3. The Kier molecular flexibility index (Phi) is 6.11. The van der Waals surface area contributed by atoms with E-state index in [0.29, 0.717) is 29.2 Å². The van der Waals surface area contributed by atoms with Crippen molar-refractivity contribution < 1.29 is 28.5 Å². The highest BCUT2D eigenvalue weighted by Gasteiger charge is 2.32. The minimum absolute atomic E-state index is 0.0158. The van der Waals surface area contributed by atoms with Crippen LogP contribution < -0.4 is 9.47 Å². The summed E-state index contributed by atoms with van der Waals surface area (Å²) in [5, 5.41) is 19.8. The van der Waals surface area contributed by atoms with E-state index in [2.05, 4.69) is 4.90 Å². The maximum atomic E-state index is 15.7. The van der Waals surface area contributed by atoms with E-state index in [1.165, 1.54) is 30.3 Å². The SMILES string of the molecule is Oc1cccc(C2=C(F)c3cc(O)ccc3OC2c2ccc(OCCN3CC(CF)C3)cc2)c1. The minimum Gasteiger partial charge on any atom is -0.508 e. The van der Waals surface area contributed by atoms with Gasteiger partial charge in [-0.2, -0.15) is 0 Å². The molecule has 1 unspecified atom stereocenters. The second kappa shape index (κ2) is 9.35. The molecule has 1 atom stereocenters. The third kappa shape index (κ3) is 4.43. The molecule has 0 saturated carbocycles. The number of hydrogen-bond acceptors (Lipinski definition) is 5. The van der Waals surface area contributed by atoms with E-state index in [1.54, 1.807) is 12.1 Å². The average Bonchev–Trinajstić information content (AvgIpc) is 2.81. The van der Waals surface area contributed by atoms with Crippen molar-refractivity contribution in [3.8, 4) is 23.0 Å². The normalized spacial score (nSPS) is 18.2. The highest BCUT2D eigenvalue weighted by atomic mass is 19.1. The van der Waals surface area contributed by atoms with Crippen LogP contribution >= 0.6 is 0 Å². The predicted octanol–water partition coefficient (Wildman–Crippen LogP) is 5.35. The van der Waals surface area contributed by atoms with Crippen molar-refractivity contribution in [2.75, 3.05) is 32.9 Å². The average molecular weight is 465 g/mol. The Balaban J connectivity index is 1.38. The second-order valence-electron chi connectivity index (χ2n) is 8.65. The number of phenolic OH excluding ortho intramolecular Hbond substituents is 2. The third-order valence-corrected chi connectivity index (χ3v) is 6.21. The van der Waals surface area contributed by atoms with Gasteiger partial charge in [0.05, 0.1) is 12.2 Å². The molecule has 3 aromatic carbocycles. The van der Waals surface area contributed by atoms with E-state index >= 15 is 4.39 Å². The molecule has 0 amide bonds. The number of ether oxygens (including phenoxy) is 2. The first-order valence-corrected chi connectivity index (χ1v) is 11.2. The molecule has 2 heterocycles. The van der Waals surface area contributed by atoms with Crippen LogP contribution in [0.5, 0.6) is 23.0 Å². The lowest BCUT2D eigenvalue weighted by Gasteiger charge is -2.37. The Hall–Kier alpha value is -3.58. The van der Waals surface area contributed by atoms with Crippen molar-refractivity contribution in [1.82, 2.24) is 4.90 Å². The van der Waals surface area contributed by atoms with E-state index in [-0.39, 0.29) is 35.2 Å². The number of halogens is 2. The summed E-state index contributed by atoms with van der Waals surface area (Å²) in [4.78, 5) is 2.15. The molecular formula is C27H25F2NO4. The van der Waals surface area contributed by atoms with Crippen molar-refractivity contribution in [1.29, 1.82) is 0 Å². The van der Waals surface area contributed by atoms with Crippen LogP contribution in [0.15, 0.2) is 66.7 Å². The molecule has 1 fully saturated rings. The van der Waals surface area contributed by atoms with Gasteiger partial charge in [-0.1, -0.05) is 24.3 Å². The van der Waals surface area contributed by atoms with E-state index in [9.17, 15) is 14.6 Å². The first kappa shape index (κ1) is 22.2. The Morgan fingerprint density at radius 2 is 1.74 bits per heavy atom. The fraction of sp³-hybridized carbons (Fsp3) is 0.259. The number of likely N-dealkylation sites (tertiary alicyclic amines) is 1. The fourth-order valence-electron chi connectivity index (χ4n) is 4.41. The summed E-state index contributed by atoms with van der Waals surface area (Å²) in [6.07, 6.45) is -0.758. The number of phenols is 2. The Labute approximate surface area is 196 Å². The van der Waals surface area contributed by atoms with Gasteiger partial charge in [-0.25, -0.2) is 4.39 Å². The smallest absolute Gasteiger partial charge is 0.152 e. The van der Waals surface area contributed by atoms with Gasteiger partial charge in [-0.3, -0.25) is 9.29 Å². The Bertz CT molecular complexity index is 1210. The quantitative estimate of drug-likeness (QED) is 0.493. The van der Waals surface area contributed by atoms with Crippen LogP contribution in [-0.2, 0) is 0 Å². The standard InChI is InChI=1S/C27H25F2NO4/c28-14-17-15-30(16-17)10-11-33-22-7-4-18(5-8-22)27-25(19-2-1-3-20(31)12-19)26(29)23-13-21(32)6-9-24(23)34-27/h1-9,12-13,17,27,31-32H,10-11,14-16H2. The van der Waals surface area contributed by atoms with Gasteiger partial charge in [0.2, 0.25) is 0 Å². The molecule has 0 radical (unpaired) electrons. The van der Waals surface area contributed by atoms with Crippen LogP contribution in [-0.4, -0.2) is 48.0 Å². The van der Waals surface area contributed by atoms with Crippen LogP contribution in [0.25, 0.3) is 11.4 Å². The number of alkyl halides is 1. The fourth-order valence-corrected chi connectivity index (χ4v) is 4.41. The number of nitrogens with zero attached hydrogens (tertiary/aromatic N) is 1. The lowest BCUT2D eigenvalue weighted by atomic mass is 9.90. The van der Waals surface area contributed by atoms with Gasteiger partial charge in [0.15, 0.2) is 6.10 Å². The van der Waals surface area contributed by atoms with Crippen LogP contribution in [0.4, 0.5) is 8.78 Å². The van der Waals surface area contributed by atoms with Crippen LogP contribution in [0.3, 0.4) is 0 Å². The molecule has 1 saturated heterocycles. The van der Waals surface area contributed by atoms with E-state index in [4.69, 9.17) is 9.47 Å². The lowest BCUT2D eigenvalue weighted by molar-refractivity contribution is 0.0668. The van der Waals surface area contributed by atoms with E-state index in [1.807, 2.05) is 24.3 Å². The first-order chi connectivity index (χ1) is 16.5. The van der Waals surface area contributed by atoms with Crippen LogP contribution in [0.1, 0.15) is 22.8 Å². The van der Waals surface area contributed by atoms with Crippen molar-refractivity contribution >= 4 is 11.4 Å². The van der Waals surface area contributed by atoms with Crippen molar-refractivity contribution in [2.45, 2.75) is 6.10 Å². The summed E-state index contributed by atoms with van der Waals surface area (Å²) in [5.74, 6) is 0.585. The third-order valence-electron chi connectivity index (χ3n) is 6.21. The first-order valence-electron chi connectivity index (χ1n) is 11.2. The van der Waals surface area contributed by atoms with Crippen LogP contribution in [0, 0.1) is 5.92 Å². The zero-order chi connectivity index (χ0) is 23.7. The minimum atomic E-state index is -0.758. The molecule has 0 spiro atoms. The molecule has 5 nitrogen and oxygen atoms in total. The topological polar surface area (TPSA) is 62.2 Å². The predicted molar refractivity (Wildman–Crippen MR) is 125 cm³/mol. The summed E-state index contributed by atoms with van der Waals surface area (Å²) in [6.45, 7) is 2.51. The Morgan fingerprint density at radius 3 is 2.47 bits per heavy atom. The molecule has 34 heavy (non-hydrogen) atoms. The number of benzene rings is 3. The largest absolute Gasteiger partial charge is 0.508 e. The molecule has 0 bridgehead atoms. The summed E-state index contributed by atoms with van der Waals surface area (Å²) in [7, 11) is 0. The van der Waals surface area contributed by atoms with Gasteiger partial charge in [-0.15, -0.1) is 0 Å². The summed E-state index contributed by atoms with van der Waals surface area (Å²) in [6, 6.07) is 17.9. The molecule has 2 N–H and O–H groups in total. The monoisotopic (exact) mass is 465 g/mol. The number of hydrogen-bond donors (Lipinski definition) is 2. The van der Waals surface area contributed by atoms with Gasteiger partial charge >= 0.3 is 0 Å². The molecule has 3 aromatic rings. The molecule has 7 heteroatoms. The van der Waals surface area contributed by atoms with E-state index in [0.717, 1.165) is 19.6 Å². The number of aromatic hydroxyl groups is 2. The number of rotatable bonds is 7. The maximum Gasteiger partial charge on any atom is 0.152 e. The van der Waals surface area contributed by atoms with Gasteiger partial charge in [0.1, 0.15) is 35.4 Å². The highest BCUT2D eigenvalue weighted by molar-refractivity contribution is 5.93. The molecule has 5 rings (SSSR count). The zero-order valence-electron chi connectivity index (χ0n) is 18.5. The van der Waals surface area contributed by atoms with Crippen molar-refractivity contribution in [2.24, 2.45) is 5.92 Å². The zero-order valence-corrected chi connectivity index (χ0v) is 18.5. The van der Waals surface area contributed by atoms with Gasteiger partial charge in [-0.05, 0) is 53.6 Å². The summed E-state index contributed by atoms with van der Waals surface area (Å²) >= 11 is 0. The molecule has 0 aliphatic carbocycles. The molecular weight excluding hydrogens is 440 g/mol. The lowest BCUT2D eigenvalue weighted by Crippen LogP contribution is -2.49. The van der Waals surface area contributed by atoms with Gasteiger partial charge in [0, 0.05) is 31.1 Å². The number of fused-ring (bicyclic) bond motifs is 1. The van der Waals surface area contributed by atoms with Crippen molar-refractivity contribution in [3.05, 3.63) is 83.4 Å². The molecule has 2 aliphatic heterocycles. The molecule has 2 aliphatic rings. The van der Waals surface area contributed by atoms with Crippen molar-refractivity contribution in [3.63, 3.8) is 0 Å². The molecule has 0 aromatic heterocycles. The highest BCUT2D eigenvalue weighted by Crippen LogP contribution is 2.48. The van der Waals surface area contributed by atoms with Gasteiger partial charge in [0.25, 0.3) is 0 Å². The Morgan fingerprint density at radius 1 is 0.971 bits per heavy atom. The maximum absolute atomic E-state index is 15.7. The van der Waals surface area contributed by atoms with Gasteiger partial charge < -0.3 is 19.7 Å². The van der Waals surface area contributed by atoms with E-state index < -0.39 is 11.9 Å². The van der Waals surface area contributed by atoms with Crippen LogP contribution in [0.2, 0.25) is 0 Å². The summed E-state index contributed by atoms with van der Waals surface area (Å²) in [5.41, 5.74) is 1.63.